The highest BCUT2D eigenvalue weighted by Crippen LogP contribution is 2.40. The van der Waals surface area contributed by atoms with E-state index in [0.717, 1.165) is 6.07 Å². The molecule has 1 aliphatic carbocycles. The fourth-order valence-electron chi connectivity index (χ4n) is 4.06. The smallest absolute Gasteiger partial charge is 0.471 e. The first-order valence-corrected chi connectivity index (χ1v) is 10.2. The molecule has 174 valence electrons. The van der Waals surface area contributed by atoms with Crippen LogP contribution in [0.25, 0.3) is 11.4 Å². The summed E-state index contributed by atoms with van der Waals surface area (Å²) in [6.07, 6.45) is -0.322. The lowest BCUT2D eigenvalue weighted by Crippen LogP contribution is -2.46. The van der Waals surface area contributed by atoms with Crippen molar-refractivity contribution in [1.82, 2.24) is 29.8 Å². The lowest BCUT2D eigenvalue weighted by molar-refractivity contribution is -0.159. The van der Waals surface area contributed by atoms with E-state index in [-0.39, 0.29) is 53.9 Å². The van der Waals surface area contributed by atoms with Crippen LogP contribution in [-0.2, 0) is 17.5 Å². The second kappa shape index (κ2) is 7.81. The van der Waals surface area contributed by atoms with Crippen molar-refractivity contribution in [3.8, 4) is 17.1 Å². The van der Waals surface area contributed by atoms with E-state index in [1.54, 1.807) is 24.5 Å². The highest BCUT2D eigenvalue weighted by Gasteiger charge is 2.41. The molecule has 1 unspecified atom stereocenters. The average molecular weight is 466 g/mol. The van der Waals surface area contributed by atoms with Crippen LogP contribution in [0.4, 0.5) is 17.6 Å². The van der Waals surface area contributed by atoms with Crippen LogP contribution in [0.1, 0.15) is 37.3 Å². The third-order valence-corrected chi connectivity index (χ3v) is 6.03. The predicted octanol–water partition coefficient (Wildman–Crippen LogP) is 3.25. The first-order valence-electron chi connectivity index (χ1n) is 10.2. The van der Waals surface area contributed by atoms with Crippen molar-refractivity contribution in [1.29, 1.82) is 0 Å². The van der Waals surface area contributed by atoms with Crippen molar-refractivity contribution in [2.24, 2.45) is 5.92 Å². The van der Waals surface area contributed by atoms with Gasteiger partial charge in [-0.1, -0.05) is 5.16 Å². The number of hydrogen-bond acceptors (Lipinski definition) is 7. The van der Waals surface area contributed by atoms with Crippen LogP contribution in [0.5, 0.6) is 5.75 Å². The topological polar surface area (TPSA) is 99.2 Å². The quantitative estimate of drug-likeness (QED) is 0.547. The summed E-state index contributed by atoms with van der Waals surface area (Å²) in [7, 11) is 0. The Labute approximate surface area is 184 Å². The normalized spacial score (nSPS) is 22.8. The first-order chi connectivity index (χ1) is 15.7. The van der Waals surface area contributed by atoms with Crippen molar-refractivity contribution in [2.75, 3.05) is 6.61 Å². The van der Waals surface area contributed by atoms with E-state index >= 15 is 4.39 Å². The number of amides is 1. The van der Waals surface area contributed by atoms with Crippen molar-refractivity contribution in [3.63, 3.8) is 0 Å². The maximum Gasteiger partial charge on any atom is 0.471 e. The number of hydrogen-bond donors (Lipinski definition) is 0. The van der Waals surface area contributed by atoms with Crippen LogP contribution in [0, 0.1) is 11.7 Å². The first kappa shape index (κ1) is 21.3. The van der Waals surface area contributed by atoms with Crippen LogP contribution >= 0.6 is 0 Å². The van der Waals surface area contributed by atoms with E-state index in [4.69, 9.17) is 4.74 Å². The lowest BCUT2D eigenvalue weighted by atomic mass is 9.79. The number of aromatic nitrogens is 5. The molecule has 3 heterocycles. The average Bonchev–Trinajstić information content (AvgIpc) is 3.39. The Balaban J connectivity index is 1.36. The van der Waals surface area contributed by atoms with E-state index in [9.17, 15) is 18.0 Å². The summed E-state index contributed by atoms with van der Waals surface area (Å²) in [5.41, 5.74) is 0.124. The number of nitrogens with zero attached hydrogens (tertiary/aromatic N) is 6. The zero-order valence-corrected chi connectivity index (χ0v) is 17.3. The van der Waals surface area contributed by atoms with E-state index < -0.39 is 23.7 Å². The van der Waals surface area contributed by atoms with Gasteiger partial charge in [0.2, 0.25) is 11.7 Å². The number of carbonyl (C=O) groups excluding carboxylic acids is 1. The molecule has 9 nitrogen and oxygen atoms in total. The lowest BCUT2D eigenvalue weighted by Gasteiger charge is -2.39. The molecule has 0 spiro atoms. The summed E-state index contributed by atoms with van der Waals surface area (Å²) in [5.74, 6) is -2.84. The molecule has 13 heteroatoms. The molecule has 0 N–H and O–H groups in total. The van der Waals surface area contributed by atoms with Gasteiger partial charge >= 0.3 is 12.1 Å². The second-order valence-corrected chi connectivity index (χ2v) is 8.21. The van der Waals surface area contributed by atoms with Crippen LogP contribution in [0.2, 0.25) is 0 Å². The number of carbonyl (C=O) groups is 1. The van der Waals surface area contributed by atoms with Gasteiger partial charge in [-0.15, -0.1) is 10.2 Å². The number of fused-ring (bicyclic) bond motifs is 1. The van der Waals surface area contributed by atoms with E-state index in [0.29, 0.717) is 12.8 Å². The summed E-state index contributed by atoms with van der Waals surface area (Å²) in [6, 6.07) is 2.19. The Morgan fingerprint density at radius 1 is 1.18 bits per heavy atom. The van der Waals surface area contributed by atoms with Gasteiger partial charge in [-0.05, 0) is 31.9 Å². The number of rotatable bonds is 3. The second-order valence-electron chi connectivity index (χ2n) is 8.21. The molecule has 0 radical (unpaired) electrons. The number of ether oxygens (including phenoxy) is 1. The van der Waals surface area contributed by atoms with Crippen LogP contribution < -0.4 is 4.74 Å². The monoisotopic (exact) mass is 466 g/mol. The molecule has 33 heavy (non-hydrogen) atoms. The van der Waals surface area contributed by atoms with Gasteiger partial charge in [-0.25, -0.2) is 4.39 Å². The molecule has 1 amide bonds. The van der Waals surface area contributed by atoms with Crippen molar-refractivity contribution in [2.45, 2.75) is 44.6 Å². The molecular formula is C20H18F4N6O3. The van der Waals surface area contributed by atoms with Gasteiger partial charge in [0.25, 0.3) is 0 Å². The van der Waals surface area contributed by atoms with Gasteiger partial charge in [0.05, 0.1) is 12.6 Å². The van der Waals surface area contributed by atoms with E-state index in [1.165, 1.54) is 6.07 Å². The standard InChI is InChI=1S/C20H18F4N6O3/c1-10-7-32-16-5-11(17-27-19(33-28-17)20(22,23)24)4-15(21)14(16)6-30(10)18(31)12-2-13(3-12)29-8-25-26-9-29/h4-5,8-10,12-13H,2-3,6-7H2,1H3. The van der Waals surface area contributed by atoms with Crippen LogP contribution in [-0.4, -0.2) is 48.4 Å². The Hall–Kier alpha value is -3.51. The third-order valence-electron chi connectivity index (χ3n) is 6.03. The fraction of sp³-hybridized carbons (Fsp3) is 0.450. The van der Waals surface area contributed by atoms with Gasteiger partial charge in [0.15, 0.2) is 0 Å². The van der Waals surface area contributed by atoms with Crippen LogP contribution in [0.15, 0.2) is 29.3 Å². The number of alkyl halides is 3. The maximum absolute atomic E-state index is 15.0. The highest BCUT2D eigenvalue weighted by molar-refractivity contribution is 5.80. The maximum atomic E-state index is 15.0. The largest absolute Gasteiger partial charge is 0.491 e. The zero-order chi connectivity index (χ0) is 23.3. The van der Waals surface area contributed by atoms with Gasteiger partial charge in [-0.3, -0.25) is 4.79 Å². The van der Waals surface area contributed by atoms with Crippen molar-refractivity contribution < 1.29 is 31.6 Å². The Morgan fingerprint density at radius 2 is 1.91 bits per heavy atom. The molecular weight excluding hydrogens is 448 g/mol. The third kappa shape index (κ3) is 3.91. The van der Waals surface area contributed by atoms with E-state index in [2.05, 4.69) is 24.9 Å². The minimum atomic E-state index is -4.81. The summed E-state index contributed by atoms with van der Waals surface area (Å²) >= 11 is 0. The van der Waals surface area contributed by atoms with Crippen molar-refractivity contribution >= 4 is 5.91 Å². The minimum absolute atomic E-state index is 0.0186. The molecule has 0 saturated heterocycles. The molecule has 1 atom stereocenters. The van der Waals surface area contributed by atoms with Gasteiger partial charge in [-0.2, -0.15) is 18.2 Å². The van der Waals surface area contributed by atoms with Gasteiger partial charge < -0.3 is 18.7 Å². The molecule has 1 saturated carbocycles. The van der Waals surface area contributed by atoms with Crippen LogP contribution in [0.3, 0.4) is 0 Å². The Bertz CT molecular complexity index is 1170. The van der Waals surface area contributed by atoms with Gasteiger partial charge in [0, 0.05) is 23.1 Å². The SMILES string of the molecule is CC1COc2cc(-c3noc(C(F)(F)F)n3)cc(F)c2CN1C(=O)C1CC(n2cnnc2)C1. The summed E-state index contributed by atoms with van der Waals surface area (Å²) in [6.45, 7) is 1.88. The zero-order valence-electron chi connectivity index (χ0n) is 17.3. The molecule has 0 bridgehead atoms. The molecule has 1 aliphatic heterocycles. The van der Waals surface area contributed by atoms with Crippen molar-refractivity contribution in [3.05, 3.63) is 42.1 Å². The number of halogens is 4. The molecule has 2 aromatic heterocycles. The molecule has 1 fully saturated rings. The summed E-state index contributed by atoms with van der Waals surface area (Å²) in [5, 5.41) is 10.8. The summed E-state index contributed by atoms with van der Waals surface area (Å²) in [4.78, 5) is 18.0. The summed E-state index contributed by atoms with van der Waals surface area (Å²) < 4.78 is 65.0. The fourth-order valence-corrected chi connectivity index (χ4v) is 4.06. The molecule has 3 aromatic rings. The Morgan fingerprint density at radius 3 is 2.58 bits per heavy atom. The minimum Gasteiger partial charge on any atom is -0.491 e. The molecule has 2 aliphatic rings. The molecule has 1 aromatic carbocycles. The van der Waals surface area contributed by atoms with E-state index in [1.807, 2.05) is 4.57 Å². The molecule has 5 rings (SSSR count). The van der Waals surface area contributed by atoms with Gasteiger partial charge in [0.1, 0.15) is 30.8 Å². The predicted molar refractivity (Wildman–Crippen MR) is 102 cm³/mol. The Kier molecular flexibility index (Phi) is 5.05. The highest BCUT2D eigenvalue weighted by atomic mass is 19.4. The number of benzene rings is 1.